The number of esters is 1. The number of piperidine rings is 1. The van der Waals surface area contributed by atoms with E-state index >= 15 is 0 Å². The second-order valence-corrected chi connectivity index (χ2v) is 3.76. The number of carbonyl (C=O) groups is 4. The van der Waals surface area contributed by atoms with Gasteiger partial charge in [0.15, 0.2) is 11.7 Å². The molecule has 1 aliphatic heterocycles. The Labute approximate surface area is 86.0 Å². The van der Waals surface area contributed by atoms with Gasteiger partial charge in [-0.15, -0.1) is 0 Å². The maximum absolute atomic E-state index is 11.7. The average molecular weight is 213 g/mol. The summed E-state index contributed by atoms with van der Waals surface area (Å²) in [4.78, 5) is 45.4. The van der Waals surface area contributed by atoms with Crippen LogP contribution in [-0.4, -0.2) is 30.7 Å². The number of imide groups is 1. The fourth-order valence-corrected chi connectivity index (χ4v) is 1.26. The zero-order valence-corrected chi connectivity index (χ0v) is 8.62. The number of ketones is 1. The molecule has 6 heteroatoms. The Kier molecular flexibility index (Phi) is 2.61. The molecule has 1 aliphatic rings. The summed E-state index contributed by atoms with van der Waals surface area (Å²) in [5.41, 5.74) is -1.38. The molecule has 0 radical (unpaired) electrons. The van der Waals surface area contributed by atoms with Gasteiger partial charge in [0, 0.05) is 0 Å². The molecule has 82 valence electrons. The Morgan fingerprint density at radius 3 is 2.33 bits per heavy atom. The van der Waals surface area contributed by atoms with E-state index in [1.54, 1.807) is 0 Å². The molecule has 1 fully saturated rings. The van der Waals surface area contributed by atoms with Crippen molar-refractivity contribution in [2.24, 2.45) is 11.3 Å². The molecule has 2 amide bonds. The van der Waals surface area contributed by atoms with Crippen molar-refractivity contribution in [1.82, 2.24) is 5.32 Å². The van der Waals surface area contributed by atoms with Gasteiger partial charge in [-0.25, -0.2) is 0 Å². The third kappa shape index (κ3) is 1.62. The van der Waals surface area contributed by atoms with Crippen LogP contribution >= 0.6 is 0 Å². The number of nitrogens with one attached hydrogen (secondary N) is 1. The zero-order chi connectivity index (χ0) is 11.8. The predicted octanol–water partition coefficient (Wildman–Crippen LogP) is -0.973. The Hall–Kier alpha value is -1.72. The summed E-state index contributed by atoms with van der Waals surface area (Å²) in [6, 6.07) is 0. The fourth-order valence-electron chi connectivity index (χ4n) is 1.26. The highest BCUT2D eigenvalue weighted by Gasteiger charge is 2.52. The second-order valence-electron chi connectivity index (χ2n) is 3.76. The number of ether oxygens (including phenoxy) is 1. The van der Waals surface area contributed by atoms with E-state index in [0.29, 0.717) is 0 Å². The summed E-state index contributed by atoms with van der Waals surface area (Å²) in [5.74, 6) is -4.84. The molecule has 0 aromatic carbocycles. The van der Waals surface area contributed by atoms with Gasteiger partial charge in [-0.3, -0.25) is 24.5 Å². The molecule has 0 aliphatic carbocycles. The summed E-state index contributed by atoms with van der Waals surface area (Å²) in [7, 11) is 1.08. The van der Waals surface area contributed by atoms with Crippen molar-refractivity contribution in [3.63, 3.8) is 0 Å². The van der Waals surface area contributed by atoms with Crippen LogP contribution in [0.15, 0.2) is 0 Å². The van der Waals surface area contributed by atoms with E-state index in [2.05, 4.69) is 4.74 Å². The average Bonchev–Trinajstić information content (AvgIpc) is 2.15. The molecule has 0 bridgehead atoms. The molecular weight excluding hydrogens is 202 g/mol. The molecule has 1 rings (SSSR count). The fraction of sp³-hybridized carbons (Fsp3) is 0.556. The van der Waals surface area contributed by atoms with E-state index in [1.807, 2.05) is 5.32 Å². The van der Waals surface area contributed by atoms with Crippen molar-refractivity contribution in [2.45, 2.75) is 13.8 Å². The topological polar surface area (TPSA) is 89.5 Å². The molecule has 1 N–H and O–H groups in total. The van der Waals surface area contributed by atoms with Gasteiger partial charge in [0.1, 0.15) is 5.41 Å². The number of hydrogen-bond donors (Lipinski definition) is 1. The first-order chi connectivity index (χ1) is 6.82. The predicted molar refractivity (Wildman–Crippen MR) is 47.4 cm³/mol. The smallest absolute Gasteiger partial charge is 0.325 e. The molecule has 15 heavy (non-hydrogen) atoms. The largest absolute Gasteiger partial charge is 0.468 e. The molecule has 0 saturated carbocycles. The van der Waals surface area contributed by atoms with Gasteiger partial charge in [-0.05, 0) is 13.8 Å². The van der Waals surface area contributed by atoms with Crippen LogP contribution in [0, 0.1) is 11.3 Å². The van der Waals surface area contributed by atoms with Crippen LogP contribution in [0.1, 0.15) is 13.8 Å². The van der Waals surface area contributed by atoms with Gasteiger partial charge in [0.2, 0.25) is 11.8 Å². The third-order valence-corrected chi connectivity index (χ3v) is 2.38. The van der Waals surface area contributed by atoms with Crippen LogP contribution in [0.2, 0.25) is 0 Å². The van der Waals surface area contributed by atoms with Crippen molar-refractivity contribution in [2.75, 3.05) is 7.11 Å². The van der Waals surface area contributed by atoms with E-state index in [-0.39, 0.29) is 0 Å². The van der Waals surface area contributed by atoms with Gasteiger partial charge in [0.05, 0.1) is 7.11 Å². The first-order valence-electron chi connectivity index (χ1n) is 4.29. The Balaban J connectivity index is 3.10. The maximum atomic E-state index is 11.7. The highest BCUT2D eigenvalue weighted by molar-refractivity contribution is 6.29. The molecular formula is C9H11NO5. The van der Waals surface area contributed by atoms with Crippen molar-refractivity contribution >= 4 is 23.6 Å². The van der Waals surface area contributed by atoms with Crippen LogP contribution in [-0.2, 0) is 23.9 Å². The molecule has 1 atom stereocenters. The molecule has 6 nitrogen and oxygen atoms in total. The van der Waals surface area contributed by atoms with Gasteiger partial charge < -0.3 is 4.74 Å². The van der Waals surface area contributed by atoms with Crippen molar-refractivity contribution in [3.05, 3.63) is 0 Å². The summed E-state index contributed by atoms with van der Waals surface area (Å²) in [5, 5.41) is 1.97. The summed E-state index contributed by atoms with van der Waals surface area (Å²) >= 11 is 0. The van der Waals surface area contributed by atoms with Gasteiger partial charge in [0.25, 0.3) is 0 Å². The minimum atomic E-state index is -1.54. The standard InChI is InChI=1S/C9H11NO5/c1-9(2)5(11)4(7(13)15-3)6(12)10-8(9)14/h4H,1-3H3,(H,10,12,14). The van der Waals surface area contributed by atoms with Crippen LogP contribution in [0.3, 0.4) is 0 Å². The van der Waals surface area contributed by atoms with Crippen molar-refractivity contribution < 1.29 is 23.9 Å². The zero-order valence-electron chi connectivity index (χ0n) is 8.62. The minimum Gasteiger partial charge on any atom is -0.468 e. The second kappa shape index (κ2) is 3.45. The molecule has 1 saturated heterocycles. The third-order valence-electron chi connectivity index (χ3n) is 2.38. The first-order valence-corrected chi connectivity index (χ1v) is 4.29. The maximum Gasteiger partial charge on any atom is 0.325 e. The van der Waals surface area contributed by atoms with E-state index in [9.17, 15) is 19.2 Å². The lowest BCUT2D eigenvalue weighted by Crippen LogP contribution is -2.59. The summed E-state index contributed by atoms with van der Waals surface area (Å²) < 4.78 is 4.33. The van der Waals surface area contributed by atoms with Gasteiger partial charge >= 0.3 is 5.97 Å². The Bertz CT molecular complexity index is 358. The van der Waals surface area contributed by atoms with Crippen LogP contribution in [0.5, 0.6) is 0 Å². The molecule has 0 aromatic rings. The quantitative estimate of drug-likeness (QED) is 0.344. The van der Waals surface area contributed by atoms with Crippen LogP contribution < -0.4 is 5.32 Å². The number of amides is 2. The van der Waals surface area contributed by atoms with Crippen molar-refractivity contribution in [3.8, 4) is 0 Å². The first kappa shape index (κ1) is 11.4. The number of rotatable bonds is 1. The monoisotopic (exact) mass is 213 g/mol. The lowest BCUT2D eigenvalue weighted by molar-refractivity contribution is -0.162. The SMILES string of the molecule is COC(=O)C1C(=O)NC(=O)C(C)(C)C1=O. The van der Waals surface area contributed by atoms with E-state index in [1.165, 1.54) is 13.8 Å². The minimum absolute atomic E-state index is 0.697. The molecule has 1 heterocycles. The number of hydrogen-bond acceptors (Lipinski definition) is 5. The highest BCUT2D eigenvalue weighted by Crippen LogP contribution is 2.26. The van der Waals surface area contributed by atoms with E-state index in [4.69, 9.17) is 0 Å². The summed E-state index contributed by atoms with van der Waals surface area (Å²) in [6.45, 7) is 2.71. The van der Waals surface area contributed by atoms with Crippen molar-refractivity contribution in [1.29, 1.82) is 0 Å². The molecule has 0 spiro atoms. The highest BCUT2D eigenvalue weighted by atomic mass is 16.5. The Morgan fingerprint density at radius 1 is 1.33 bits per heavy atom. The van der Waals surface area contributed by atoms with Crippen LogP contribution in [0.4, 0.5) is 0 Å². The van der Waals surface area contributed by atoms with Crippen LogP contribution in [0.25, 0.3) is 0 Å². The lowest BCUT2D eigenvalue weighted by atomic mass is 9.77. The van der Waals surface area contributed by atoms with Gasteiger partial charge in [-0.2, -0.15) is 0 Å². The lowest BCUT2D eigenvalue weighted by Gasteiger charge is -2.30. The van der Waals surface area contributed by atoms with Gasteiger partial charge in [-0.1, -0.05) is 0 Å². The summed E-state index contributed by atoms with van der Waals surface area (Å²) in [6.07, 6.45) is 0. The van der Waals surface area contributed by atoms with E-state index in [0.717, 1.165) is 7.11 Å². The molecule has 0 aromatic heterocycles. The number of carbonyl (C=O) groups excluding carboxylic acids is 4. The Morgan fingerprint density at radius 2 is 1.87 bits per heavy atom. The normalized spacial score (nSPS) is 24.7. The molecule has 1 unspecified atom stereocenters. The van der Waals surface area contributed by atoms with E-state index < -0.39 is 34.9 Å². The number of Topliss-reactive ketones (excluding diaryl/α,β-unsaturated/α-hetero) is 1. The number of methoxy groups -OCH3 is 1.